The van der Waals surface area contributed by atoms with E-state index in [9.17, 15) is 4.79 Å². The van der Waals surface area contributed by atoms with Gasteiger partial charge in [-0.05, 0) is 29.8 Å². The van der Waals surface area contributed by atoms with Gasteiger partial charge in [-0.25, -0.2) is 4.98 Å². The Balaban J connectivity index is 1.66. The van der Waals surface area contributed by atoms with Crippen LogP contribution in [0.15, 0.2) is 47.4 Å². The van der Waals surface area contributed by atoms with Crippen molar-refractivity contribution in [3.63, 3.8) is 0 Å². The average Bonchev–Trinajstić information content (AvgIpc) is 2.98. The summed E-state index contributed by atoms with van der Waals surface area (Å²) in [5.41, 5.74) is 1.77. The van der Waals surface area contributed by atoms with Crippen LogP contribution in [0.5, 0.6) is 5.75 Å². The number of aromatic nitrogens is 1. The number of para-hydroxylation sites is 1. The van der Waals surface area contributed by atoms with Crippen molar-refractivity contribution in [2.24, 2.45) is 0 Å². The van der Waals surface area contributed by atoms with Gasteiger partial charge in [-0.2, -0.15) is 0 Å². The lowest BCUT2D eigenvalue weighted by Gasteiger charge is -2.06. The number of hydrogen-bond donors (Lipinski definition) is 1. The van der Waals surface area contributed by atoms with E-state index in [0.717, 1.165) is 15.8 Å². The molecule has 4 nitrogen and oxygen atoms in total. The van der Waals surface area contributed by atoms with E-state index in [-0.39, 0.29) is 5.91 Å². The summed E-state index contributed by atoms with van der Waals surface area (Å²) in [6, 6.07) is 13.9. The van der Waals surface area contributed by atoms with Gasteiger partial charge in [0.25, 0.3) is 0 Å². The Hall–Kier alpha value is -2.05. The Kier molecular flexibility index (Phi) is 5.60. The standard InChI is InChI=1S/C19H20N2O2S2/c1-12(2)24-14-9-7-13(8-10-14)11-17(22)20-19-21-18-15(23-3)5-4-6-16(18)25-19/h4-10,12H,11H2,1-3H3,(H,20,21,22). The highest BCUT2D eigenvalue weighted by Crippen LogP contribution is 2.32. The van der Waals surface area contributed by atoms with E-state index in [4.69, 9.17) is 4.74 Å². The molecule has 25 heavy (non-hydrogen) atoms. The zero-order chi connectivity index (χ0) is 17.8. The van der Waals surface area contributed by atoms with Gasteiger partial charge in [0.05, 0.1) is 18.2 Å². The molecule has 1 amide bonds. The van der Waals surface area contributed by atoms with Crippen molar-refractivity contribution >= 4 is 44.4 Å². The lowest BCUT2D eigenvalue weighted by molar-refractivity contribution is -0.115. The van der Waals surface area contributed by atoms with Crippen LogP contribution in [0, 0.1) is 0 Å². The first-order valence-electron chi connectivity index (χ1n) is 8.04. The molecule has 0 saturated carbocycles. The number of ether oxygens (including phenoxy) is 1. The van der Waals surface area contributed by atoms with Crippen molar-refractivity contribution in [3.8, 4) is 5.75 Å². The molecule has 3 aromatic rings. The summed E-state index contributed by atoms with van der Waals surface area (Å²) in [6.07, 6.45) is 0.333. The van der Waals surface area contributed by atoms with Gasteiger partial charge >= 0.3 is 0 Å². The molecule has 0 saturated heterocycles. The van der Waals surface area contributed by atoms with Crippen molar-refractivity contribution in [1.29, 1.82) is 0 Å². The number of nitrogens with one attached hydrogen (secondary N) is 1. The van der Waals surface area contributed by atoms with Gasteiger partial charge in [0.2, 0.25) is 5.91 Å². The van der Waals surface area contributed by atoms with Crippen LogP contribution in [0.4, 0.5) is 5.13 Å². The largest absolute Gasteiger partial charge is 0.494 e. The lowest BCUT2D eigenvalue weighted by Crippen LogP contribution is -2.14. The van der Waals surface area contributed by atoms with Crippen LogP contribution in [0.3, 0.4) is 0 Å². The first kappa shape index (κ1) is 17.8. The predicted octanol–water partition coefficient (Wildman–Crippen LogP) is 4.99. The van der Waals surface area contributed by atoms with Gasteiger partial charge in [-0.3, -0.25) is 4.79 Å². The van der Waals surface area contributed by atoms with E-state index in [2.05, 4.69) is 36.3 Å². The molecule has 0 bridgehead atoms. The number of methoxy groups -OCH3 is 1. The first-order chi connectivity index (χ1) is 12.0. The molecule has 0 atom stereocenters. The van der Waals surface area contributed by atoms with Crippen LogP contribution in [-0.4, -0.2) is 23.3 Å². The number of benzene rings is 2. The summed E-state index contributed by atoms with van der Waals surface area (Å²) in [7, 11) is 1.62. The molecule has 1 N–H and O–H groups in total. The molecule has 1 aromatic heterocycles. The van der Waals surface area contributed by atoms with Crippen LogP contribution in [0.25, 0.3) is 10.2 Å². The van der Waals surface area contributed by atoms with E-state index in [1.165, 1.54) is 16.2 Å². The molecule has 0 unspecified atom stereocenters. The maximum atomic E-state index is 12.3. The van der Waals surface area contributed by atoms with Crippen LogP contribution >= 0.6 is 23.1 Å². The maximum Gasteiger partial charge on any atom is 0.230 e. The van der Waals surface area contributed by atoms with Crippen LogP contribution in [0.1, 0.15) is 19.4 Å². The van der Waals surface area contributed by atoms with Crippen molar-refractivity contribution in [2.45, 2.75) is 30.4 Å². The summed E-state index contributed by atoms with van der Waals surface area (Å²) in [5, 5.41) is 4.03. The molecule has 130 valence electrons. The molecular weight excluding hydrogens is 352 g/mol. The number of rotatable bonds is 6. The smallest absolute Gasteiger partial charge is 0.230 e. The summed E-state index contributed by atoms with van der Waals surface area (Å²) in [6.45, 7) is 4.33. The molecule has 3 rings (SSSR count). The van der Waals surface area contributed by atoms with Gasteiger partial charge in [-0.1, -0.05) is 43.4 Å². The Morgan fingerprint density at radius 3 is 2.68 bits per heavy atom. The number of thiazole rings is 1. The summed E-state index contributed by atoms with van der Waals surface area (Å²) < 4.78 is 6.30. The number of nitrogens with zero attached hydrogens (tertiary/aromatic N) is 1. The highest BCUT2D eigenvalue weighted by molar-refractivity contribution is 7.99. The predicted molar refractivity (Wildman–Crippen MR) is 106 cm³/mol. The Morgan fingerprint density at radius 2 is 2.00 bits per heavy atom. The molecule has 0 spiro atoms. The van der Waals surface area contributed by atoms with Crippen LogP contribution in [-0.2, 0) is 11.2 Å². The van der Waals surface area contributed by atoms with Gasteiger partial charge < -0.3 is 10.1 Å². The minimum Gasteiger partial charge on any atom is -0.494 e. The Bertz CT molecular complexity index is 873. The normalized spacial score (nSPS) is 11.0. The van der Waals surface area contributed by atoms with Crippen molar-refractivity contribution < 1.29 is 9.53 Å². The highest BCUT2D eigenvalue weighted by atomic mass is 32.2. The number of fused-ring (bicyclic) bond motifs is 1. The maximum absolute atomic E-state index is 12.3. The quantitative estimate of drug-likeness (QED) is 0.620. The molecule has 1 heterocycles. The molecular formula is C19H20N2O2S2. The number of amides is 1. The summed E-state index contributed by atoms with van der Waals surface area (Å²) in [4.78, 5) is 18.0. The minimum atomic E-state index is -0.0673. The Labute approximate surface area is 155 Å². The molecule has 0 radical (unpaired) electrons. The zero-order valence-corrected chi connectivity index (χ0v) is 16.0. The summed E-state index contributed by atoms with van der Waals surface area (Å²) in [5.74, 6) is 0.648. The second kappa shape index (κ2) is 7.89. The van der Waals surface area contributed by atoms with Crippen molar-refractivity contribution in [3.05, 3.63) is 48.0 Å². The Morgan fingerprint density at radius 1 is 1.24 bits per heavy atom. The number of thioether (sulfide) groups is 1. The van der Waals surface area contributed by atoms with E-state index in [1.54, 1.807) is 7.11 Å². The summed E-state index contributed by atoms with van der Waals surface area (Å²) >= 11 is 3.26. The fourth-order valence-electron chi connectivity index (χ4n) is 2.45. The monoisotopic (exact) mass is 372 g/mol. The second-order valence-electron chi connectivity index (χ2n) is 5.86. The molecule has 0 fully saturated rings. The molecule has 0 aliphatic carbocycles. The van der Waals surface area contributed by atoms with Gasteiger partial charge in [0, 0.05) is 10.1 Å². The minimum absolute atomic E-state index is 0.0673. The van der Waals surface area contributed by atoms with E-state index in [1.807, 2.05) is 42.1 Å². The number of hydrogen-bond acceptors (Lipinski definition) is 5. The van der Waals surface area contributed by atoms with Crippen molar-refractivity contribution in [1.82, 2.24) is 4.98 Å². The average molecular weight is 373 g/mol. The first-order valence-corrected chi connectivity index (χ1v) is 9.74. The molecule has 0 aliphatic rings. The van der Waals surface area contributed by atoms with Crippen LogP contribution < -0.4 is 10.1 Å². The molecule has 2 aromatic carbocycles. The SMILES string of the molecule is COc1cccc2sc(NC(=O)Cc3ccc(SC(C)C)cc3)nc12. The third kappa shape index (κ3) is 4.52. The van der Waals surface area contributed by atoms with Crippen molar-refractivity contribution in [2.75, 3.05) is 12.4 Å². The van der Waals surface area contributed by atoms with Gasteiger partial charge in [-0.15, -0.1) is 11.8 Å². The third-order valence-electron chi connectivity index (χ3n) is 3.51. The van der Waals surface area contributed by atoms with Crippen LogP contribution in [0.2, 0.25) is 0 Å². The fourth-order valence-corrected chi connectivity index (χ4v) is 4.19. The number of anilines is 1. The second-order valence-corrected chi connectivity index (χ2v) is 8.54. The molecule has 6 heteroatoms. The van der Waals surface area contributed by atoms with E-state index < -0.39 is 0 Å². The number of carbonyl (C=O) groups is 1. The topological polar surface area (TPSA) is 51.2 Å². The molecule has 0 aliphatic heterocycles. The third-order valence-corrected chi connectivity index (χ3v) is 5.46. The van der Waals surface area contributed by atoms with Gasteiger partial charge in [0.1, 0.15) is 11.3 Å². The highest BCUT2D eigenvalue weighted by Gasteiger charge is 2.11. The lowest BCUT2D eigenvalue weighted by atomic mass is 10.1. The van der Waals surface area contributed by atoms with E-state index >= 15 is 0 Å². The zero-order valence-electron chi connectivity index (χ0n) is 14.4. The number of carbonyl (C=O) groups excluding carboxylic acids is 1. The van der Waals surface area contributed by atoms with Gasteiger partial charge in [0.15, 0.2) is 5.13 Å². The van der Waals surface area contributed by atoms with E-state index in [0.29, 0.717) is 22.6 Å². The fraction of sp³-hybridized carbons (Fsp3) is 0.263.